The summed E-state index contributed by atoms with van der Waals surface area (Å²) < 4.78 is 5.02. The van der Waals surface area contributed by atoms with Gasteiger partial charge in [0.25, 0.3) is 0 Å². The van der Waals surface area contributed by atoms with Crippen LogP contribution in [0.4, 0.5) is 0 Å². The van der Waals surface area contributed by atoms with E-state index < -0.39 is 0 Å². The van der Waals surface area contributed by atoms with E-state index in [1.54, 1.807) is 0 Å². The molecule has 4 nitrogen and oxygen atoms in total. The maximum atomic E-state index is 11.6. The number of carbonyl (C=O) groups is 1. The molecule has 1 aliphatic heterocycles. The largest absolute Gasteiger partial charge is 0.465 e. The third-order valence-electron chi connectivity index (χ3n) is 2.81. The molecule has 4 heteroatoms. The summed E-state index contributed by atoms with van der Waals surface area (Å²) in [6.07, 6.45) is 2.25. The molecule has 1 unspecified atom stereocenters. The minimum atomic E-state index is -0.290. The molecular formula is C11H21NO3. The summed E-state index contributed by atoms with van der Waals surface area (Å²) in [6.45, 7) is 5.69. The zero-order valence-corrected chi connectivity index (χ0v) is 9.61. The van der Waals surface area contributed by atoms with Gasteiger partial charge >= 0.3 is 5.97 Å². The zero-order valence-electron chi connectivity index (χ0n) is 9.61. The average Bonchev–Trinajstić information content (AvgIpc) is 2.19. The lowest BCUT2D eigenvalue weighted by Gasteiger charge is -2.34. The Labute approximate surface area is 91.2 Å². The number of β-amino-alcohol motifs (C(OH)–C–C–N with tert-alkyl or cyclic N) is 1. The number of esters is 1. The summed E-state index contributed by atoms with van der Waals surface area (Å²) in [5.74, 6) is -0.158. The van der Waals surface area contributed by atoms with Crippen LogP contribution in [0.2, 0.25) is 0 Å². The summed E-state index contributed by atoms with van der Waals surface area (Å²) >= 11 is 0. The molecule has 88 valence electrons. The SMILES string of the molecule is CCOC(=O)C(CC)N1CCC[C@H](O)C1. The van der Waals surface area contributed by atoms with E-state index >= 15 is 0 Å². The number of likely N-dealkylation sites (tertiary alicyclic amines) is 1. The first-order chi connectivity index (χ1) is 7.19. The van der Waals surface area contributed by atoms with Crippen molar-refractivity contribution in [1.82, 2.24) is 4.90 Å². The van der Waals surface area contributed by atoms with Gasteiger partial charge in [-0.1, -0.05) is 6.92 Å². The Morgan fingerprint density at radius 1 is 1.60 bits per heavy atom. The zero-order chi connectivity index (χ0) is 11.3. The molecule has 15 heavy (non-hydrogen) atoms. The van der Waals surface area contributed by atoms with Gasteiger partial charge in [-0.3, -0.25) is 9.69 Å². The van der Waals surface area contributed by atoms with E-state index in [9.17, 15) is 9.90 Å². The van der Waals surface area contributed by atoms with Crippen LogP contribution in [0.3, 0.4) is 0 Å². The fourth-order valence-corrected chi connectivity index (χ4v) is 2.08. The van der Waals surface area contributed by atoms with Crippen LogP contribution in [0.25, 0.3) is 0 Å². The number of hydrogen-bond acceptors (Lipinski definition) is 4. The number of rotatable bonds is 4. The third kappa shape index (κ3) is 3.47. The normalized spacial score (nSPS) is 24.9. The highest BCUT2D eigenvalue weighted by Crippen LogP contribution is 2.15. The second kappa shape index (κ2) is 6.08. The summed E-state index contributed by atoms with van der Waals surface area (Å²) in [5.41, 5.74) is 0. The van der Waals surface area contributed by atoms with Crippen LogP contribution in [-0.4, -0.2) is 47.8 Å². The minimum absolute atomic E-state index is 0.158. The van der Waals surface area contributed by atoms with Crippen LogP contribution < -0.4 is 0 Å². The van der Waals surface area contributed by atoms with Crippen molar-refractivity contribution in [3.05, 3.63) is 0 Å². The number of piperidine rings is 1. The Morgan fingerprint density at radius 3 is 2.87 bits per heavy atom. The van der Waals surface area contributed by atoms with Crippen molar-refractivity contribution < 1.29 is 14.6 Å². The van der Waals surface area contributed by atoms with Crippen molar-refractivity contribution >= 4 is 5.97 Å². The van der Waals surface area contributed by atoms with Crippen LogP contribution in [-0.2, 0) is 9.53 Å². The van der Waals surface area contributed by atoms with E-state index in [1.165, 1.54) is 0 Å². The highest BCUT2D eigenvalue weighted by atomic mass is 16.5. The monoisotopic (exact) mass is 215 g/mol. The lowest BCUT2D eigenvalue weighted by atomic mass is 10.0. The molecule has 1 heterocycles. The van der Waals surface area contributed by atoms with Crippen LogP contribution in [0, 0.1) is 0 Å². The number of ether oxygens (including phenoxy) is 1. The lowest BCUT2D eigenvalue weighted by Crippen LogP contribution is -2.48. The summed E-state index contributed by atoms with van der Waals surface area (Å²) in [7, 11) is 0. The quantitative estimate of drug-likeness (QED) is 0.704. The van der Waals surface area contributed by atoms with Gasteiger partial charge < -0.3 is 9.84 Å². The molecule has 0 bridgehead atoms. The van der Waals surface area contributed by atoms with Crippen LogP contribution >= 0.6 is 0 Å². The maximum Gasteiger partial charge on any atom is 0.323 e. The van der Waals surface area contributed by atoms with Gasteiger partial charge in [0.05, 0.1) is 12.7 Å². The fourth-order valence-electron chi connectivity index (χ4n) is 2.08. The molecule has 1 rings (SSSR count). The van der Waals surface area contributed by atoms with Crippen LogP contribution in [0.5, 0.6) is 0 Å². The van der Waals surface area contributed by atoms with E-state index in [1.807, 2.05) is 18.7 Å². The van der Waals surface area contributed by atoms with E-state index in [-0.39, 0.29) is 18.1 Å². The van der Waals surface area contributed by atoms with Crippen molar-refractivity contribution in [2.75, 3.05) is 19.7 Å². The Hall–Kier alpha value is -0.610. The predicted octanol–water partition coefficient (Wildman–Crippen LogP) is 0.785. The fraction of sp³-hybridized carbons (Fsp3) is 0.909. The molecular weight excluding hydrogens is 194 g/mol. The van der Waals surface area contributed by atoms with Gasteiger partial charge in [-0.15, -0.1) is 0 Å². The number of aliphatic hydroxyl groups excluding tert-OH is 1. The smallest absolute Gasteiger partial charge is 0.323 e. The topological polar surface area (TPSA) is 49.8 Å². The number of carbonyl (C=O) groups excluding carboxylic acids is 1. The van der Waals surface area contributed by atoms with Crippen molar-refractivity contribution in [3.8, 4) is 0 Å². The average molecular weight is 215 g/mol. The van der Waals surface area contributed by atoms with E-state index in [0.29, 0.717) is 13.2 Å². The highest BCUT2D eigenvalue weighted by molar-refractivity contribution is 5.75. The van der Waals surface area contributed by atoms with Gasteiger partial charge in [-0.2, -0.15) is 0 Å². The summed E-state index contributed by atoms with van der Waals surface area (Å²) in [6, 6.07) is -0.181. The molecule has 1 saturated heterocycles. The standard InChI is InChI=1S/C11H21NO3/c1-3-10(11(14)15-4-2)12-7-5-6-9(13)8-12/h9-10,13H,3-8H2,1-2H3/t9-,10?/m0/s1. The molecule has 0 aromatic rings. The van der Waals surface area contributed by atoms with E-state index in [0.717, 1.165) is 25.8 Å². The van der Waals surface area contributed by atoms with Crippen molar-refractivity contribution in [1.29, 1.82) is 0 Å². The van der Waals surface area contributed by atoms with Gasteiger partial charge in [0.2, 0.25) is 0 Å². The Morgan fingerprint density at radius 2 is 2.33 bits per heavy atom. The molecule has 0 amide bonds. The van der Waals surface area contributed by atoms with E-state index in [2.05, 4.69) is 0 Å². The molecule has 0 aromatic carbocycles. The third-order valence-corrected chi connectivity index (χ3v) is 2.81. The highest BCUT2D eigenvalue weighted by Gasteiger charge is 2.29. The number of nitrogens with zero attached hydrogens (tertiary/aromatic N) is 1. The second-order valence-corrected chi connectivity index (χ2v) is 3.97. The molecule has 0 aromatic heterocycles. The maximum absolute atomic E-state index is 11.6. The molecule has 0 saturated carbocycles. The minimum Gasteiger partial charge on any atom is -0.465 e. The molecule has 2 atom stereocenters. The summed E-state index contributed by atoms with van der Waals surface area (Å²) in [4.78, 5) is 13.7. The molecule has 0 spiro atoms. The predicted molar refractivity (Wildman–Crippen MR) is 57.5 cm³/mol. The van der Waals surface area contributed by atoms with Crippen LogP contribution in [0.15, 0.2) is 0 Å². The number of aliphatic hydroxyl groups is 1. The lowest BCUT2D eigenvalue weighted by molar-refractivity contribution is -0.150. The molecule has 0 radical (unpaired) electrons. The van der Waals surface area contributed by atoms with Crippen molar-refractivity contribution in [2.24, 2.45) is 0 Å². The van der Waals surface area contributed by atoms with E-state index in [4.69, 9.17) is 4.74 Å². The second-order valence-electron chi connectivity index (χ2n) is 3.97. The van der Waals surface area contributed by atoms with Gasteiger partial charge in [0.15, 0.2) is 0 Å². The summed E-state index contributed by atoms with van der Waals surface area (Å²) in [5, 5.41) is 9.54. The first kappa shape index (κ1) is 12.5. The Bertz CT molecular complexity index is 208. The Kier molecular flexibility index (Phi) is 5.05. The van der Waals surface area contributed by atoms with Gasteiger partial charge in [0, 0.05) is 6.54 Å². The molecule has 1 fully saturated rings. The van der Waals surface area contributed by atoms with Gasteiger partial charge in [0.1, 0.15) is 6.04 Å². The molecule has 1 aliphatic rings. The molecule has 0 aliphatic carbocycles. The van der Waals surface area contributed by atoms with Crippen LogP contribution in [0.1, 0.15) is 33.1 Å². The van der Waals surface area contributed by atoms with Crippen molar-refractivity contribution in [3.63, 3.8) is 0 Å². The Balaban J connectivity index is 2.52. The molecule has 1 N–H and O–H groups in total. The number of hydrogen-bond donors (Lipinski definition) is 1. The first-order valence-corrected chi connectivity index (χ1v) is 5.77. The van der Waals surface area contributed by atoms with Gasteiger partial charge in [-0.25, -0.2) is 0 Å². The van der Waals surface area contributed by atoms with Crippen molar-refractivity contribution in [2.45, 2.75) is 45.3 Å². The first-order valence-electron chi connectivity index (χ1n) is 5.77. The van der Waals surface area contributed by atoms with Gasteiger partial charge in [-0.05, 0) is 32.7 Å².